The van der Waals surface area contributed by atoms with Crippen LogP contribution in [0.2, 0.25) is 0 Å². The van der Waals surface area contributed by atoms with E-state index in [1.165, 1.54) is 19.2 Å². The summed E-state index contributed by atoms with van der Waals surface area (Å²) in [5, 5.41) is 0. The van der Waals surface area contributed by atoms with Crippen molar-refractivity contribution in [2.24, 2.45) is 5.73 Å². The largest absolute Gasteiger partial charge is 0.465 e. The van der Waals surface area contributed by atoms with Crippen LogP contribution in [0.4, 0.5) is 4.39 Å². The quantitative estimate of drug-likeness (QED) is 0.627. The lowest BCUT2D eigenvalue weighted by Crippen LogP contribution is -2.04. The Hall–Kier alpha value is -1.07. The maximum Gasteiger partial charge on any atom is 0.340 e. The Labute approximate surface area is 105 Å². The Morgan fingerprint density at radius 1 is 1.53 bits per heavy atom. The monoisotopic (exact) mass is 257 g/mol. The van der Waals surface area contributed by atoms with E-state index >= 15 is 0 Å². The van der Waals surface area contributed by atoms with Gasteiger partial charge >= 0.3 is 5.97 Å². The second-order valence-corrected chi connectivity index (χ2v) is 4.61. The van der Waals surface area contributed by atoms with Gasteiger partial charge in [0.15, 0.2) is 0 Å². The standard InChI is InChI=1S/C12H16FNO2S/c1-16-12(15)10-4-3-9(7-11(10)13)8-17-6-2-5-14/h3-4,7H,2,5-6,8,14H2,1H3. The number of hydrogen-bond donors (Lipinski definition) is 1. The highest BCUT2D eigenvalue weighted by atomic mass is 32.2. The number of nitrogens with two attached hydrogens (primary N) is 1. The average Bonchev–Trinajstić information content (AvgIpc) is 2.34. The number of rotatable bonds is 6. The van der Waals surface area contributed by atoms with Crippen molar-refractivity contribution >= 4 is 17.7 Å². The molecular weight excluding hydrogens is 241 g/mol. The van der Waals surface area contributed by atoms with E-state index in [2.05, 4.69) is 4.74 Å². The molecule has 94 valence electrons. The Bertz CT molecular complexity index is 385. The molecule has 0 spiro atoms. The van der Waals surface area contributed by atoms with Crippen LogP contribution in [0.5, 0.6) is 0 Å². The molecule has 0 atom stereocenters. The molecule has 0 fully saturated rings. The zero-order valence-corrected chi connectivity index (χ0v) is 10.6. The second kappa shape index (κ2) is 7.29. The summed E-state index contributed by atoms with van der Waals surface area (Å²) in [6.45, 7) is 0.669. The lowest BCUT2D eigenvalue weighted by atomic mass is 10.1. The maximum absolute atomic E-state index is 13.5. The minimum absolute atomic E-state index is 0.0248. The van der Waals surface area contributed by atoms with Gasteiger partial charge in [0.2, 0.25) is 0 Å². The Morgan fingerprint density at radius 3 is 2.88 bits per heavy atom. The third-order valence-electron chi connectivity index (χ3n) is 2.20. The normalized spacial score (nSPS) is 10.3. The van der Waals surface area contributed by atoms with Crippen molar-refractivity contribution in [1.82, 2.24) is 0 Å². The molecule has 0 amide bonds. The van der Waals surface area contributed by atoms with Crippen molar-refractivity contribution in [3.63, 3.8) is 0 Å². The molecule has 5 heteroatoms. The molecule has 0 saturated heterocycles. The number of carbonyl (C=O) groups is 1. The van der Waals surface area contributed by atoms with Gasteiger partial charge in [0.05, 0.1) is 12.7 Å². The van der Waals surface area contributed by atoms with Gasteiger partial charge in [-0.3, -0.25) is 0 Å². The molecule has 0 unspecified atom stereocenters. The number of hydrogen-bond acceptors (Lipinski definition) is 4. The van der Waals surface area contributed by atoms with E-state index in [0.29, 0.717) is 6.54 Å². The third-order valence-corrected chi connectivity index (χ3v) is 3.32. The average molecular weight is 257 g/mol. The van der Waals surface area contributed by atoms with E-state index < -0.39 is 11.8 Å². The molecule has 0 bridgehead atoms. The molecule has 0 radical (unpaired) electrons. The van der Waals surface area contributed by atoms with Crippen molar-refractivity contribution in [3.8, 4) is 0 Å². The van der Waals surface area contributed by atoms with Gasteiger partial charge in [0, 0.05) is 5.75 Å². The van der Waals surface area contributed by atoms with E-state index in [4.69, 9.17) is 5.73 Å². The number of halogens is 1. The van der Waals surface area contributed by atoms with Crippen LogP contribution in [0.25, 0.3) is 0 Å². The number of benzene rings is 1. The van der Waals surface area contributed by atoms with Crippen molar-refractivity contribution < 1.29 is 13.9 Å². The zero-order chi connectivity index (χ0) is 12.7. The molecule has 0 aliphatic carbocycles. The molecule has 0 saturated carbocycles. The fourth-order valence-corrected chi connectivity index (χ4v) is 2.23. The topological polar surface area (TPSA) is 52.3 Å². The van der Waals surface area contributed by atoms with Gasteiger partial charge in [-0.2, -0.15) is 11.8 Å². The summed E-state index contributed by atoms with van der Waals surface area (Å²) in [4.78, 5) is 11.2. The zero-order valence-electron chi connectivity index (χ0n) is 9.74. The number of carbonyl (C=O) groups excluding carboxylic acids is 1. The molecule has 1 aromatic carbocycles. The van der Waals surface area contributed by atoms with Crippen molar-refractivity contribution in [2.75, 3.05) is 19.4 Å². The van der Waals surface area contributed by atoms with E-state index in [1.807, 2.05) is 0 Å². The van der Waals surface area contributed by atoms with Gasteiger partial charge in [-0.15, -0.1) is 0 Å². The molecular formula is C12H16FNO2S. The Balaban J connectivity index is 2.59. The van der Waals surface area contributed by atoms with Crippen LogP contribution in [-0.2, 0) is 10.5 Å². The highest BCUT2D eigenvalue weighted by molar-refractivity contribution is 7.98. The summed E-state index contributed by atoms with van der Waals surface area (Å²) < 4.78 is 18.0. The van der Waals surface area contributed by atoms with Gasteiger partial charge in [0.1, 0.15) is 5.82 Å². The lowest BCUT2D eigenvalue weighted by Gasteiger charge is -2.04. The summed E-state index contributed by atoms with van der Waals surface area (Å²) in [5.41, 5.74) is 6.21. The lowest BCUT2D eigenvalue weighted by molar-refractivity contribution is 0.0595. The van der Waals surface area contributed by atoms with Crippen LogP contribution < -0.4 is 5.73 Å². The van der Waals surface area contributed by atoms with Gasteiger partial charge < -0.3 is 10.5 Å². The minimum atomic E-state index is -0.648. The summed E-state index contributed by atoms with van der Waals surface area (Å²) in [7, 11) is 1.23. The molecule has 2 N–H and O–H groups in total. The minimum Gasteiger partial charge on any atom is -0.465 e. The number of thioether (sulfide) groups is 1. The van der Waals surface area contributed by atoms with Gasteiger partial charge in [-0.1, -0.05) is 6.07 Å². The third kappa shape index (κ3) is 4.36. The maximum atomic E-state index is 13.5. The first-order chi connectivity index (χ1) is 8.19. The van der Waals surface area contributed by atoms with Crippen LogP contribution in [0.1, 0.15) is 22.3 Å². The number of esters is 1. The van der Waals surface area contributed by atoms with Crippen molar-refractivity contribution in [1.29, 1.82) is 0 Å². The summed E-state index contributed by atoms with van der Waals surface area (Å²) in [6.07, 6.45) is 0.952. The van der Waals surface area contributed by atoms with E-state index in [0.717, 1.165) is 23.5 Å². The molecule has 0 heterocycles. The van der Waals surface area contributed by atoms with Crippen LogP contribution in [0, 0.1) is 5.82 Å². The van der Waals surface area contributed by atoms with Crippen molar-refractivity contribution in [2.45, 2.75) is 12.2 Å². The SMILES string of the molecule is COC(=O)c1ccc(CSCCCN)cc1F. The van der Waals surface area contributed by atoms with Gasteiger partial charge in [-0.25, -0.2) is 9.18 Å². The van der Waals surface area contributed by atoms with E-state index in [9.17, 15) is 9.18 Å². The Morgan fingerprint density at radius 2 is 2.29 bits per heavy atom. The molecule has 0 aromatic heterocycles. The summed E-state index contributed by atoms with van der Waals surface area (Å²) >= 11 is 1.70. The smallest absolute Gasteiger partial charge is 0.340 e. The van der Waals surface area contributed by atoms with Crippen LogP contribution in [0.3, 0.4) is 0 Å². The molecule has 1 rings (SSSR count). The predicted octanol–water partition coefficient (Wildman–Crippen LogP) is 2.19. The Kier molecular flexibility index (Phi) is 6.00. The highest BCUT2D eigenvalue weighted by Gasteiger charge is 2.11. The van der Waals surface area contributed by atoms with E-state index in [1.54, 1.807) is 17.8 Å². The van der Waals surface area contributed by atoms with Gasteiger partial charge in [-0.05, 0) is 36.4 Å². The fraction of sp³-hybridized carbons (Fsp3) is 0.417. The molecule has 3 nitrogen and oxygen atoms in total. The molecule has 17 heavy (non-hydrogen) atoms. The summed E-state index contributed by atoms with van der Waals surface area (Å²) in [5.74, 6) is 0.494. The number of methoxy groups -OCH3 is 1. The predicted molar refractivity (Wildman–Crippen MR) is 67.6 cm³/mol. The van der Waals surface area contributed by atoms with Crippen LogP contribution in [0.15, 0.2) is 18.2 Å². The first-order valence-electron chi connectivity index (χ1n) is 5.33. The van der Waals surface area contributed by atoms with Gasteiger partial charge in [0.25, 0.3) is 0 Å². The van der Waals surface area contributed by atoms with E-state index in [-0.39, 0.29) is 5.56 Å². The fourth-order valence-electron chi connectivity index (χ4n) is 1.30. The number of ether oxygens (including phenoxy) is 1. The molecule has 0 aliphatic heterocycles. The molecule has 0 aliphatic rings. The highest BCUT2D eigenvalue weighted by Crippen LogP contribution is 2.17. The first-order valence-corrected chi connectivity index (χ1v) is 6.49. The van der Waals surface area contributed by atoms with Crippen molar-refractivity contribution in [3.05, 3.63) is 35.1 Å². The second-order valence-electron chi connectivity index (χ2n) is 3.50. The summed E-state index contributed by atoms with van der Waals surface area (Å²) in [6, 6.07) is 4.58. The van der Waals surface area contributed by atoms with Crippen LogP contribution >= 0.6 is 11.8 Å². The van der Waals surface area contributed by atoms with Crippen LogP contribution in [-0.4, -0.2) is 25.4 Å². The first kappa shape index (κ1) is 14.0. The molecule has 1 aromatic rings.